The molecule has 0 radical (unpaired) electrons. The second-order valence-corrected chi connectivity index (χ2v) is 5.70. The van der Waals surface area contributed by atoms with E-state index in [0.717, 1.165) is 25.7 Å². The van der Waals surface area contributed by atoms with Gasteiger partial charge in [0.25, 0.3) is 5.91 Å². The minimum absolute atomic E-state index is 0.168. The number of carbonyl (C=O) groups excluding carboxylic acids is 1. The van der Waals surface area contributed by atoms with Crippen LogP contribution < -0.4 is 5.32 Å². The normalized spacial score (nSPS) is 23.7. The van der Waals surface area contributed by atoms with Gasteiger partial charge in [0.15, 0.2) is 0 Å². The van der Waals surface area contributed by atoms with Gasteiger partial charge in [-0.1, -0.05) is 24.4 Å². The average molecular weight is 334 g/mol. The molecule has 1 aromatic heterocycles. The molecule has 1 aliphatic carbocycles. The number of aliphatic hydroxyl groups excluding tert-OH is 1. The molecule has 0 aliphatic heterocycles. The van der Waals surface area contributed by atoms with E-state index < -0.39 is 6.10 Å². The lowest BCUT2D eigenvalue weighted by Gasteiger charge is -2.28. The first-order valence-electron chi connectivity index (χ1n) is 5.88. The second kappa shape index (κ2) is 5.99. The van der Waals surface area contributed by atoms with E-state index in [1.54, 1.807) is 6.07 Å². The van der Waals surface area contributed by atoms with Crippen molar-refractivity contribution in [1.29, 1.82) is 0 Å². The standard InChI is InChI=1S/C12H14BrClN2O2/c13-7-5-8(11(14)15-6-7)12(18)16-9-3-1-2-4-10(9)17/h5-6,9-10,17H,1-4H2,(H,16,18). The number of nitrogens with one attached hydrogen (secondary N) is 1. The smallest absolute Gasteiger partial charge is 0.254 e. The van der Waals surface area contributed by atoms with Gasteiger partial charge in [0.05, 0.1) is 17.7 Å². The maximum absolute atomic E-state index is 12.1. The van der Waals surface area contributed by atoms with Crippen LogP contribution in [-0.4, -0.2) is 28.1 Å². The Bertz CT molecular complexity index is 456. The summed E-state index contributed by atoms with van der Waals surface area (Å²) in [7, 11) is 0. The van der Waals surface area contributed by atoms with E-state index in [9.17, 15) is 9.90 Å². The molecule has 1 heterocycles. The van der Waals surface area contributed by atoms with Crippen LogP contribution in [0.15, 0.2) is 16.7 Å². The van der Waals surface area contributed by atoms with Crippen LogP contribution in [0.1, 0.15) is 36.0 Å². The predicted molar refractivity (Wildman–Crippen MR) is 72.7 cm³/mol. The zero-order valence-corrected chi connectivity index (χ0v) is 12.0. The van der Waals surface area contributed by atoms with Crippen molar-refractivity contribution in [3.8, 4) is 0 Å². The third-order valence-electron chi connectivity index (χ3n) is 3.10. The molecule has 0 bridgehead atoms. The quantitative estimate of drug-likeness (QED) is 0.818. The zero-order valence-electron chi connectivity index (χ0n) is 9.70. The lowest BCUT2D eigenvalue weighted by atomic mass is 9.92. The molecule has 2 rings (SSSR count). The maximum Gasteiger partial charge on any atom is 0.254 e. The van der Waals surface area contributed by atoms with Crippen molar-refractivity contribution in [3.63, 3.8) is 0 Å². The third-order valence-corrected chi connectivity index (χ3v) is 3.83. The van der Waals surface area contributed by atoms with E-state index in [4.69, 9.17) is 11.6 Å². The predicted octanol–water partition coefficient (Wildman–Crippen LogP) is 2.53. The molecule has 1 fully saturated rings. The van der Waals surface area contributed by atoms with Gasteiger partial charge in [-0.2, -0.15) is 0 Å². The summed E-state index contributed by atoms with van der Waals surface area (Å²) in [6, 6.07) is 1.43. The minimum Gasteiger partial charge on any atom is -0.391 e. The molecule has 1 saturated carbocycles. The van der Waals surface area contributed by atoms with Gasteiger partial charge in [-0.15, -0.1) is 0 Å². The Balaban J connectivity index is 2.09. The summed E-state index contributed by atoms with van der Waals surface area (Å²) in [5.41, 5.74) is 0.323. The van der Waals surface area contributed by atoms with Crippen molar-refractivity contribution in [2.24, 2.45) is 0 Å². The summed E-state index contributed by atoms with van der Waals surface area (Å²) >= 11 is 9.14. The SMILES string of the molecule is O=C(NC1CCCCC1O)c1cc(Br)cnc1Cl. The number of pyridine rings is 1. The Morgan fingerprint density at radius 2 is 2.22 bits per heavy atom. The van der Waals surface area contributed by atoms with Crippen LogP contribution in [0.25, 0.3) is 0 Å². The van der Waals surface area contributed by atoms with Gasteiger partial charge >= 0.3 is 0 Å². The molecule has 2 atom stereocenters. The fourth-order valence-corrected chi connectivity index (χ4v) is 2.63. The first-order valence-corrected chi connectivity index (χ1v) is 7.05. The van der Waals surface area contributed by atoms with Crippen LogP contribution in [0.2, 0.25) is 5.15 Å². The number of halogens is 2. The first-order chi connectivity index (χ1) is 8.58. The number of carbonyl (C=O) groups is 1. The van der Waals surface area contributed by atoms with Gasteiger partial charge in [0.2, 0.25) is 0 Å². The van der Waals surface area contributed by atoms with Gasteiger partial charge in [-0.25, -0.2) is 4.98 Å². The Hall–Kier alpha value is -0.650. The molecule has 2 unspecified atom stereocenters. The highest BCUT2D eigenvalue weighted by molar-refractivity contribution is 9.10. The Kier molecular flexibility index (Phi) is 4.59. The van der Waals surface area contributed by atoms with Crippen molar-refractivity contribution in [2.45, 2.75) is 37.8 Å². The largest absolute Gasteiger partial charge is 0.391 e. The molecular formula is C12H14BrClN2O2. The number of hydrogen-bond donors (Lipinski definition) is 2. The highest BCUT2D eigenvalue weighted by Gasteiger charge is 2.25. The Morgan fingerprint density at radius 3 is 2.94 bits per heavy atom. The fourth-order valence-electron chi connectivity index (χ4n) is 2.11. The van der Waals surface area contributed by atoms with E-state index >= 15 is 0 Å². The Morgan fingerprint density at radius 1 is 1.50 bits per heavy atom. The molecule has 1 aromatic rings. The number of nitrogens with zero attached hydrogens (tertiary/aromatic N) is 1. The van der Waals surface area contributed by atoms with Crippen molar-refractivity contribution in [2.75, 3.05) is 0 Å². The molecule has 1 amide bonds. The third kappa shape index (κ3) is 3.22. The molecule has 0 saturated heterocycles. The fraction of sp³-hybridized carbons (Fsp3) is 0.500. The molecule has 2 N–H and O–H groups in total. The van der Waals surface area contributed by atoms with E-state index in [0.29, 0.717) is 10.0 Å². The number of amides is 1. The van der Waals surface area contributed by atoms with Gasteiger partial charge in [0, 0.05) is 10.7 Å². The van der Waals surface area contributed by atoms with E-state index in [1.807, 2.05) is 0 Å². The van der Waals surface area contributed by atoms with Crippen LogP contribution in [0.5, 0.6) is 0 Å². The lowest BCUT2D eigenvalue weighted by Crippen LogP contribution is -2.45. The molecule has 0 spiro atoms. The van der Waals surface area contributed by atoms with E-state index in [-0.39, 0.29) is 17.1 Å². The monoisotopic (exact) mass is 332 g/mol. The Labute approximate surface area is 119 Å². The van der Waals surface area contributed by atoms with Gasteiger partial charge in [-0.3, -0.25) is 4.79 Å². The van der Waals surface area contributed by atoms with Gasteiger partial charge in [-0.05, 0) is 34.8 Å². The van der Waals surface area contributed by atoms with Crippen LogP contribution in [0, 0.1) is 0 Å². The summed E-state index contributed by atoms with van der Waals surface area (Å²) in [5, 5.41) is 12.8. The summed E-state index contributed by atoms with van der Waals surface area (Å²) < 4.78 is 0.696. The molecule has 98 valence electrons. The second-order valence-electron chi connectivity index (χ2n) is 4.42. The van der Waals surface area contributed by atoms with Crippen molar-refractivity contribution in [3.05, 3.63) is 27.5 Å². The van der Waals surface area contributed by atoms with E-state index in [1.165, 1.54) is 6.20 Å². The summed E-state index contributed by atoms with van der Waals surface area (Å²) in [6.45, 7) is 0. The molecule has 0 aromatic carbocycles. The number of rotatable bonds is 2. The van der Waals surface area contributed by atoms with Gasteiger partial charge in [0.1, 0.15) is 5.15 Å². The summed E-state index contributed by atoms with van der Waals surface area (Å²) in [4.78, 5) is 16.0. The van der Waals surface area contributed by atoms with Crippen LogP contribution in [0.3, 0.4) is 0 Å². The van der Waals surface area contributed by atoms with Crippen molar-refractivity contribution < 1.29 is 9.90 Å². The van der Waals surface area contributed by atoms with Crippen LogP contribution >= 0.6 is 27.5 Å². The highest BCUT2D eigenvalue weighted by Crippen LogP contribution is 2.21. The van der Waals surface area contributed by atoms with Gasteiger partial charge < -0.3 is 10.4 Å². The van der Waals surface area contributed by atoms with E-state index in [2.05, 4.69) is 26.2 Å². The lowest BCUT2D eigenvalue weighted by molar-refractivity contribution is 0.0717. The number of aromatic nitrogens is 1. The molecule has 4 nitrogen and oxygen atoms in total. The van der Waals surface area contributed by atoms with Crippen LogP contribution in [0.4, 0.5) is 0 Å². The van der Waals surface area contributed by atoms with Crippen LogP contribution in [-0.2, 0) is 0 Å². The summed E-state index contributed by atoms with van der Waals surface area (Å²) in [6.07, 6.45) is 4.62. The molecular weight excluding hydrogens is 320 g/mol. The zero-order chi connectivity index (χ0) is 13.1. The molecule has 1 aliphatic rings. The maximum atomic E-state index is 12.1. The summed E-state index contributed by atoms with van der Waals surface area (Å²) in [5.74, 6) is -0.292. The minimum atomic E-state index is -0.471. The van der Waals surface area contributed by atoms with Crippen molar-refractivity contribution in [1.82, 2.24) is 10.3 Å². The average Bonchev–Trinajstić information content (AvgIpc) is 2.35. The molecule has 18 heavy (non-hydrogen) atoms. The molecule has 6 heteroatoms. The number of hydrogen-bond acceptors (Lipinski definition) is 3. The first kappa shape index (κ1) is 13.8. The number of aliphatic hydroxyl groups is 1. The topological polar surface area (TPSA) is 62.2 Å². The highest BCUT2D eigenvalue weighted by atomic mass is 79.9. The van der Waals surface area contributed by atoms with Crippen molar-refractivity contribution >= 4 is 33.4 Å².